The Morgan fingerprint density at radius 3 is 2.42 bits per heavy atom. The van der Waals surface area contributed by atoms with Crippen molar-refractivity contribution in [2.75, 3.05) is 6.54 Å². The van der Waals surface area contributed by atoms with Crippen molar-refractivity contribution in [2.24, 2.45) is 0 Å². The molecule has 6 nitrogen and oxygen atoms in total. The van der Waals surface area contributed by atoms with E-state index in [9.17, 15) is 4.79 Å². The molecule has 7 rings (SSSR count). The topological polar surface area (TPSA) is 77.7 Å². The first-order valence-electron chi connectivity index (χ1n) is 11.6. The Morgan fingerprint density at radius 2 is 1.74 bits per heavy atom. The summed E-state index contributed by atoms with van der Waals surface area (Å²) in [6, 6.07) is 9.25. The van der Waals surface area contributed by atoms with Crippen LogP contribution < -0.4 is 0 Å². The van der Waals surface area contributed by atoms with E-state index in [4.69, 9.17) is 4.98 Å². The summed E-state index contributed by atoms with van der Waals surface area (Å²) >= 11 is 0. The fraction of sp³-hybridized carbons (Fsp3) is 0.480. The summed E-state index contributed by atoms with van der Waals surface area (Å²) in [7, 11) is 0. The zero-order chi connectivity index (χ0) is 20.9. The molecule has 1 aromatic carbocycles. The minimum Gasteiger partial charge on any atom is -0.345 e. The monoisotopic (exact) mass is 415 g/mol. The minimum atomic E-state index is 0.127. The highest BCUT2D eigenvalue weighted by atomic mass is 16.1. The third kappa shape index (κ3) is 2.95. The van der Waals surface area contributed by atoms with Crippen molar-refractivity contribution in [3.63, 3.8) is 0 Å². The lowest BCUT2D eigenvalue weighted by atomic mass is 9.51. The average molecular weight is 416 g/mol. The summed E-state index contributed by atoms with van der Waals surface area (Å²) in [5.41, 5.74) is 5.59. The molecule has 160 valence electrons. The van der Waals surface area contributed by atoms with Gasteiger partial charge in [0.25, 0.3) is 0 Å². The maximum absolute atomic E-state index is 11.4. The van der Waals surface area contributed by atoms with Crippen LogP contribution >= 0.6 is 0 Å². The lowest BCUT2D eigenvalue weighted by Crippen LogP contribution is -2.46. The molecule has 1 aliphatic heterocycles. The van der Waals surface area contributed by atoms with Crippen molar-refractivity contribution in [1.82, 2.24) is 24.8 Å². The van der Waals surface area contributed by atoms with Gasteiger partial charge < -0.3 is 14.9 Å². The molecular weight excluding hydrogens is 386 g/mol. The number of imidazole rings is 2. The second-order valence-corrected chi connectivity index (χ2v) is 9.79. The Morgan fingerprint density at radius 1 is 1.00 bits per heavy atom. The van der Waals surface area contributed by atoms with E-state index in [1.165, 1.54) is 55.3 Å². The Hall–Kier alpha value is -2.89. The second-order valence-electron chi connectivity index (χ2n) is 9.79. The first kappa shape index (κ1) is 18.8. The lowest BCUT2D eigenvalue weighted by Gasteiger charge is -2.53. The van der Waals surface area contributed by atoms with Gasteiger partial charge in [0.15, 0.2) is 0 Å². The summed E-state index contributed by atoms with van der Waals surface area (Å²) in [6.07, 6.45) is 16.0. The van der Waals surface area contributed by atoms with Crippen LogP contribution in [0.2, 0.25) is 0 Å². The third-order valence-corrected chi connectivity index (χ3v) is 8.46. The van der Waals surface area contributed by atoms with Crippen molar-refractivity contribution in [3.8, 4) is 11.3 Å². The van der Waals surface area contributed by atoms with Crippen LogP contribution in [0.1, 0.15) is 74.5 Å². The first-order valence-corrected chi connectivity index (χ1v) is 11.6. The number of amides is 1. The number of aromatic nitrogens is 4. The first-order chi connectivity index (χ1) is 15.2. The molecule has 31 heavy (non-hydrogen) atoms. The molecule has 0 spiro atoms. The van der Waals surface area contributed by atoms with E-state index in [1.54, 1.807) is 6.33 Å². The van der Waals surface area contributed by atoms with Gasteiger partial charge >= 0.3 is 0 Å². The van der Waals surface area contributed by atoms with Gasteiger partial charge in [-0.15, -0.1) is 0 Å². The lowest BCUT2D eigenvalue weighted by molar-refractivity contribution is -0.119. The second kappa shape index (κ2) is 7.08. The molecule has 1 amide bonds. The molecule has 2 bridgehead atoms. The highest BCUT2D eigenvalue weighted by molar-refractivity contribution is 5.59. The maximum atomic E-state index is 11.4. The van der Waals surface area contributed by atoms with Crippen molar-refractivity contribution in [3.05, 3.63) is 60.1 Å². The molecule has 1 atom stereocenters. The van der Waals surface area contributed by atoms with Crippen molar-refractivity contribution >= 4 is 6.41 Å². The number of nitrogens with zero attached hydrogens (tertiary/aromatic N) is 3. The summed E-state index contributed by atoms with van der Waals surface area (Å²) in [6.45, 7) is 0.844. The number of hydrogen-bond acceptors (Lipinski definition) is 3. The highest BCUT2D eigenvalue weighted by Gasteiger charge is 2.50. The van der Waals surface area contributed by atoms with E-state index in [2.05, 4.69) is 45.4 Å². The zero-order valence-corrected chi connectivity index (χ0v) is 17.8. The Kier molecular flexibility index (Phi) is 4.30. The largest absolute Gasteiger partial charge is 0.345 e. The van der Waals surface area contributed by atoms with Crippen molar-refractivity contribution < 1.29 is 4.79 Å². The van der Waals surface area contributed by atoms with Crippen molar-refractivity contribution in [1.29, 1.82) is 0 Å². The molecule has 3 heterocycles. The number of H-pyrrole nitrogens is 2. The maximum Gasteiger partial charge on any atom is 0.210 e. The van der Waals surface area contributed by atoms with E-state index < -0.39 is 0 Å². The van der Waals surface area contributed by atoms with Crippen LogP contribution in [0.4, 0.5) is 0 Å². The zero-order valence-electron chi connectivity index (χ0n) is 17.8. The molecular formula is C25H29N5O. The van der Waals surface area contributed by atoms with Crippen LogP contribution in [-0.4, -0.2) is 37.8 Å². The van der Waals surface area contributed by atoms with Gasteiger partial charge in [-0.05, 0) is 67.9 Å². The quantitative estimate of drug-likeness (QED) is 0.596. The van der Waals surface area contributed by atoms with Crippen LogP contribution in [0.3, 0.4) is 0 Å². The molecule has 1 unspecified atom stereocenters. The Bertz CT molecular complexity index is 1040. The SMILES string of the molecule is O=CN1CCCC1c1ncc(C23CCC(c4ccc(-c5cnc[nH]5)cc4)(CC2)CC3)[nH]1. The molecule has 4 aliphatic rings. The van der Waals surface area contributed by atoms with Crippen LogP contribution in [0.25, 0.3) is 11.3 Å². The van der Waals surface area contributed by atoms with Crippen LogP contribution in [0.5, 0.6) is 0 Å². The van der Waals surface area contributed by atoms with Crippen LogP contribution in [0.15, 0.2) is 43.0 Å². The van der Waals surface area contributed by atoms with Gasteiger partial charge in [0, 0.05) is 23.9 Å². The van der Waals surface area contributed by atoms with Gasteiger partial charge in [-0.25, -0.2) is 9.97 Å². The smallest absolute Gasteiger partial charge is 0.210 e. The Balaban J connectivity index is 1.20. The number of carbonyl (C=O) groups excluding carboxylic acids is 1. The fourth-order valence-electron chi connectivity index (χ4n) is 6.42. The number of hydrogen-bond donors (Lipinski definition) is 2. The number of rotatable bonds is 5. The van der Waals surface area contributed by atoms with Crippen LogP contribution in [-0.2, 0) is 15.6 Å². The molecule has 2 N–H and O–H groups in total. The molecule has 6 heteroatoms. The van der Waals surface area contributed by atoms with E-state index in [-0.39, 0.29) is 11.5 Å². The van der Waals surface area contributed by atoms with Gasteiger partial charge in [-0.3, -0.25) is 4.79 Å². The number of nitrogens with one attached hydrogen (secondary N) is 2. The molecule has 0 radical (unpaired) electrons. The Labute approximate surface area is 182 Å². The number of fused-ring (bicyclic) bond motifs is 3. The summed E-state index contributed by atoms with van der Waals surface area (Å²) in [5, 5.41) is 0. The molecule has 1 saturated heterocycles. The van der Waals surface area contributed by atoms with E-state index >= 15 is 0 Å². The number of likely N-dealkylation sites (tertiary alicyclic amines) is 1. The van der Waals surface area contributed by atoms with Crippen LogP contribution in [0, 0.1) is 0 Å². The predicted octanol–water partition coefficient (Wildman–Crippen LogP) is 4.64. The van der Waals surface area contributed by atoms with Gasteiger partial charge in [0.2, 0.25) is 6.41 Å². The van der Waals surface area contributed by atoms with Gasteiger partial charge in [0.1, 0.15) is 5.82 Å². The standard InChI is InChI=1S/C25H29N5O/c31-17-30-13-1-2-21(30)23-27-15-22(29-23)25-10-7-24(8-11-25,9-12-25)19-5-3-18(4-6-19)20-14-26-16-28-20/h3-6,14-17,21H,1-2,7-13H2,(H,26,28)(H,27,29). The highest BCUT2D eigenvalue weighted by Crippen LogP contribution is 2.58. The number of aromatic amines is 2. The van der Waals surface area contributed by atoms with Gasteiger partial charge in [-0.2, -0.15) is 0 Å². The molecule has 4 fully saturated rings. The summed E-state index contributed by atoms with van der Waals surface area (Å²) in [4.78, 5) is 29.0. The molecule has 3 aromatic rings. The third-order valence-electron chi connectivity index (χ3n) is 8.46. The van der Waals surface area contributed by atoms with Crippen molar-refractivity contribution in [2.45, 2.75) is 68.2 Å². The van der Waals surface area contributed by atoms with Gasteiger partial charge in [-0.1, -0.05) is 24.3 Å². The van der Waals surface area contributed by atoms with E-state index in [1.807, 2.05) is 11.1 Å². The molecule has 3 saturated carbocycles. The summed E-state index contributed by atoms with van der Waals surface area (Å²) < 4.78 is 0. The fourth-order valence-corrected chi connectivity index (χ4v) is 6.42. The molecule has 3 aliphatic carbocycles. The number of carbonyl (C=O) groups is 1. The minimum absolute atomic E-state index is 0.127. The normalized spacial score (nSPS) is 30.1. The summed E-state index contributed by atoms with van der Waals surface area (Å²) in [5.74, 6) is 0.978. The van der Waals surface area contributed by atoms with E-state index in [0.717, 1.165) is 37.3 Å². The van der Waals surface area contributed by atoms with Gasteiger partial charge in [0.05, 0.1) is 24.3 Å². The van der Waals surface area contributed by atoms with E-state index in [0.29, 0.717) is 5.41 Å². The predicted molar refractivity (Wildman–Crippen MR) is 118 cm³/mol. The molecule has 2 aromatic heterocycles. The average Bonchev–Trinajstić information content (AvgIpc) is 3.62. The number of benzene rings is 1.